The van der Waals surface area contributed by atoms with Gasteiger partial charge < -0.3 is 9.43 Å². The molecule has 1 saturated carbocycles. The van der Waals surface area contributed by atoms with Gasteiger partial charge in [-0.2, -0.15) is 5.10 Å². The lowest BCUT2D eigenvalue weighted by atomic mass is 9.74. The first-order valence-electron chi connectivity index (χ1n) is 8.59. The van der Waals surface area contributed by atoms with Crippen LogP contribution < -0.4 is 0 Å². The maximum atomic E-state index is 6.80. The van der Waals surface area contributed by atoms with Crippen LogP contribution in [0.4, 0.5) is 0 Å². The molecular formula is C18H34N2OSi. The van der Waals surface area contributed by atoms with Crippen LogP contribution in [0.5, 0.6) is 0 Å². The van der Waals surface area contributed by atoms with Crippen molar-refractivity contribution in [3.8, 4) is 0 Å². The molecule has 126 valence electrons. The summed E-state index contributed by atoms with van der Waals surface area (Å²) < 4.78 is 6.80. The highest BCUT2D eigenvalue weighted by Gasteiger charge is 2.49. The van der Waals surface area contributed by atoms with Crippen molar-refractivity contribution < 1.29 is 4.43 Å². The third-order valence-electron chi connectivity index (χ3n) is 5.93. The monoisotopic (exact) mass is 322 g/mol. The molecule has 0 radical (unpaired) electrons. The number of fused-ring (bicyclic) bond motifs is 1. The van der Waals surface area contributed by atoms with Crippen molar-refractivity contribution in [1.29, 1.82) is 0 Å². The van der Waals surface area contributed by atoms with E-state index in [9.17, 15) is 0 Å². The van der Waals surface area contributed by atoms with Crippen LogP contribution in [-0.4, -0.2) is 39.2 Å². The van der Waals surface area contributed by atoms with Crippen molar-refractivity contribution in [2.45, 2.75) is 77.6 Å². The highest BCUT2D eigenvalue weighted by Crippen LogP contribution is 2.52. The fourth-order valence-electron chi connectivity index (χ4n) is 3.37. The van der Waals surface area contributed by atoms with E-state index in [-0.39, 0.29) is 10.5 Å². The summed E-state index contributed by atoms with van der Waals surface area (Å²) in [6, 6.07) is 0. The molecular weight excluding hydrogens is 288 g/mol. The summed E-state index contributed by atoms with van der Waals surface area (Å²) in [6.45, 7) is 14.2. The maximum Gasteiger partial charge on any atom is 0.192 e. The first kappa shape index (κ1) is 17.7. The standard InChI is InChI=1S/C18H34N2OSi/c1-17(2,3)22(7,8)21-16-10-9-14-13-15(19-20(5)6)11-12-18(14,16)4/h13,16H,9-12H2,1-8H3/t16-,18-/m0/s1. The van der Waals surface area contributed by atoms with Crippen LogP contribution in [0.15, 0.2) is 16.8 Å². The van der Waals surface area contributed by atoms with Gasteiger partial charge in [0.1, 0.15) is 0 Å². The number of allylic oxidation sites excluding steroid dienone is 1. The smallest absolute Gasteiger partial charge is 0.192 e. The van der Waals surface area contributed by atoms with E-state index >= 15 is 0 Å². The topological polar surface area (TPSA) is 24.8 Å². The van der Waals surface area contributed by atoms with Gasteiger partial charge in [-0.1, -0.05) is 33.3 Å². The molecule has 22 heavy (non-hydrogen) atoms. The van der Waals surface area contributed by atoms with E-state index in [1.807, 2.05) is 19.1 Å². The molecule has 1 fully saturated rings. The highest BCUT2D eigenvalue weighted by atomic mass is 28.4. The van der Waals surface area contributed by atoms with Gasteiger partial charge in [-0.3, -0.25) is 0 Å². The van der Waals surface area contributed by atoms with E-state index in [4.69, 9.17) is 4.43 Å². The summed E-state index contributed by atoms with van der Waals surface area (Å²) in [7, 11) is 2.29. The zero-order valence-electron chi connectivity index (χ0n) is 15.8. The number of hydrogen-bond donors (Lipinski definition) is 0. The molecule has 0 aromatic heterocycles. The van der Waals surface area contributed by atoms with Crippen LogP contribution in [-0.2, 0) is 4.43 Å². The van der Waals surface area contributed by atoms with Crippen molar-refractivity contribution in [2.24, 2.45) is 10.5 Å². The van der Waals surface area contributed by atoms with Crippen LogP contribution in [0.2, 0.25) is 18.1 Å². The van der Waals surface area contributed by atoms with Crippen molar-refractivity contribution in [3.63, 3.8) is 0 Å². The number of hydrogen-bond acceptors (Lipinski definition) is 3. The summed E-state index contributed by atoms with van der Waals surface area (Å²) in [5.41, 5.74) is 3.01. The molecule has 0 heterocycles. The normalized spacial score (nSPS) is 31.2. The second-order valence-electron chi connectivity index (χ2n) is 8.93. The van der Waals surface area contributed by atoms with Gasteiger partial charge in [0.25, 0.3) is 0 Å². The molecule has 0 spiro atoms. The van der Waals surface area contributed by atoms with Gasteiger partial charge in [0, 0.05) is 19.5 Å². The second kappa shape index (κ2) is 5.79. The zero-order chi connectivity index (χ0) is 16.8. The maximum absolute atomic E-state index is 6.80. The predicted molar refractivity (Wildman–Crippen MR) is 97.9 cm³/mol. The molecule has 4 heteroatoms. The largest absolute Gasteiger partial charge is 0.413 e. The Labute approximate surface area is 137 Å². The lowest BCUT2D eigenvalue weighted by Crippen LogP contribution is -2.47. The van der Waals surface area contributed by atoms with Crippen LogP contribution >= 0.6 is 0 Å². The van der Waals surface area contributed by atoms with Gasteiger partial charge in [0.15, 0.2) is 8.32 Å². The SMILES string of the molecule is CN(C)N=C1C=C2CC[C@H](O[Si](C)(C)C(C)(C)C)[C@@]2(C)CC1. The molecule has 0 aromatic carbocycles. The van der Waals surface area contributed by atoms with E-state index in [1.54, 1.807) is 5.57 Å². The quantitative estimate of drug-likeness (QED) is 0.550. The molecule has 0 unspecified atom stereocenters. The van der Waals surface area contributed by atoms with Gasteiger partial charge in [-0.25, -0.2) is 0 Å². The van der Waals surface area contributed by atoms with Crippen molar-refractivity contribution in [1.82, 2.24) is 5.01 Å². The van der Waals surface area contributed by atoms with Crippen LogP contribution in [0.25, 0.3) is 0 Å². The first-order chi connectivity index (χ1) is 9.96. The van der Waals surface area contributed by atoms with Crippen molar-refractivity contribution in [2.75, 3.05) is 14.1 Å². The van der Waals surface area contributed by atoms with E-state index in [1.165, 1.54) is 25.0 Å². The Morgan fingerprint density at radius 1 is 1.27 bits per heavy atom. The zero-order valence-corrected chi connectivity index (χ0v) is 16.8. The number of rotatable bonds is 3. The summed E-state index contributed by atoms with van der Waals surface area (Å²) in [5.74, 6) is 0. The molecule has 0 aromatic rings. The second-order valence-corrected chi connectivity index (χ2v) is 13.7. The minimum Gasteiger partial charge on any atom is -0.413 e. The van der Waals surface area contributed by atoms with Gasteiger partial charge >= 0.3 is 0 Å². The summed E-state index contributed by atoms with van der Waals surface area (Å²) in [4.78, 5) is 0. The molecule has 0 bridgehead atoms. The Morgan fingerprint density at radius 3 is 2.45 bits per heavy atom. The average molecular weight is 323 g/mol. The van der Waals surface area contributed by atoms with Gasteiger partial charge in [-0.15, -0.1) is 0 Å². The molecule has 0 amide bonds. The van der Waals surface area contributed by atoms with E-state index in [0.717, 1.165) is 6.42 Å². The number of hydrazone groups is 1. The minimum absolute atomic E-state index is 0.223. The third kappa shape index (κ3) is 3.33. The highest BCUT2D eigenvalue weighted by molar-refractivity contribution is 6.74. The van der Waals surface area contributed by atoms with Gasteiger partial charge in [0.2, 0.25) is 0 Å². The van der Waals surface area contributed by atoms with Crippen LogP contribution in [0, 0.1) is 5.41 Å². The van der Waals surface area contributed by atoms with Crippen molar-refractivity contribution in [3.05, 3.63) is 11.6 Å². The molecule has 0 aliphatic heterocycles. The molecule has 0 N–H and O–H groups in total. The molecule has 3 nitrogen and oxygen atoms in total. The Bertz CT molecular complexity index is 488. The molecule has 0 saturated heterocycles. The molecule has 2 aliphatic rings. The van der Waals surface area contributed by atoms with E-state index < -0.39 is 8.32 Å². The van der Waals surface area contributed by atoms with Crippen molar-refractivity contribution >= 4 is 14.0 Å². The van der Waals surface area contributed by atoms with Crippen LogP contribution in [0.1, 0.15) is 53.4 Å². The Kier molecular flexibility index (Phi) is 4.67. The van der Waals surface area contributed by atoms with Gasteiger partial charge in [0.05, 0.1) is 11.8 Å². The van der Waals surface area contributed by atoms with E-state index in [2.05, 4.69) is 52.0 Å². The fraction of sp³-hybridized carbons (Fsp3) is 0.833. The lowest BCUT2D eigenvalue weighted by Gasteiger charge is -2.44. The summed E-state index contributed by atoms with van der Waals surface area (Å²) >= 11 is 0. The molecule has 2 rings (SSSR count). The Morgan fingerprint density at radius 2 is 1.91 bits per heavy atom. The minimum atomic E-state index is -1.70. The van der Waals surface area contributed by atoms with E-state index in [0.29, 0.717) is 6.10 Å². The summed E-state index contributed by atoms with van der Waals surface area (Å²) in [5, 5.41) is 6.80. The number of nitrogens with zero attached hydrogens (tertiary/aromatic N) is 2. The fourth-order valence-corrected chi connectivity index (χ4v) is 4.82. The first-order valence-corrected chi connectivity index (χ1v) is 11.5. The summed E-state index contributed by atoms with van der Waals surface area (Å²) in [6.07, 6.45) is 7.31. The van der Waals surface area contributed by atoms with Gasteiger partial charge in [-0.05, 0) is 49.9 Å². The third-order valence-corrected chi connectivity index (χ3v) is 10.4. The molecule has 2 atom stereocenters. The molecule has 2 aliphatic carbocycles. The predicted octanol–water partition coefficient (Wildman–Crippen LogP) is 4.81. The lowest BCUT2D eigenvalue weighted by molar-refractivity contribution is 0.0875. The van der Waals surface area contributed by atoms with Crippen LogP contribution in [0.3, 0.4) is 0 Å². The Hall–Kier alpha value is -0.613. The Balaban J connectivity index is 2.20. The average Bonchev–Trinajstić information content (AvgIpc) is 2.64.